The maximum absolute atomic E-state index is 11.8. The van der Waals surface area contributed by atoms with Gasteiger partial charge in [-0.15, -0.1) is 0 Å². The Morgan fingerprint density at radius 2 is 0.750 bits per heavy atom. The Bertz CT molecular complexity index is 939. The van der Waals surface area contributed by atoms with E-state index in [1.807, 2.05) is 0 Å². The van der Waals surface area contributed by atoms with Crippen molar-refractivity contribution in [3.63, 3.8) is 0 Å². The van der Waals surface area contributed by atoms with Crippen LogP contribution in [0.15, 0.2) is 72.8 Å². The molecule has 0 fully saturated rings. The molecule has 0 radical (unpaired) electrons. The molecule has 0 aliphatic heterocycles. The van der Waals surface area contributed by atoms with Crippen LogP contribution in [-0.4, -0.2) is 47.9 Å². The van der Waals surface area contributed by atoms with Gasteiger partial charge in [-0.25, -0.2) is 0 Å². The van der Waals surface area contributed by atoms with Crippen molar-refractivity contribution in [1.29, 1.82) is 0 Å². The van der Waals surface area contributed by atoms with Crippen molar-refractivity contribution in [3.8, 4) is 0 Å². The van der Waals surface area contributed by atoms with Crippen LogP contribution in [0.2, 0.25) is 0 Å². The topological polar surface area (TPSA) is 112 Å². The summed E-state index contributed by atoms with van der Waals surface area (Å²) < 4.78 is 1.39. The van der Waals surface area contributed by atoms with Crippen LogP contribution >= 0.6 is 0 Å². The Hall–Kier alpha value is -3.37. The number of carboxylic acids is 3. The first kappa shape index (κ1) is 19.4. The molecule has 0 aromatic heterocycles. The predicted octanol–water partition coefficient (Wildman–Crippen LogP) is 1.30. The van der Waals surface area contributed by atoms with Crippen LogP contribution in [0.4, 0.5) is 0 Å². The summed E-state index contributed by atoms with van der Waals surface area (Å²) in [4.78, 5) is 35.5. The minimum absolute atomic E-state index is 0.0443. The van der Waals surface area contributed by atoms with Gasteiger partial charge in [-0.1, -0.05) is 0 Å². The average molecular weight is 438 g/mol. The standard InChI is InChI=1S/C21H15AsO6/c23-19(24)13-7-1-4-10-16(13)22(17-11-5-2-8-14(17)20(25)26)18-12-6-3-9-15(18)21(27)28/h1-12H,(H,23,24)(H,25,26)(H,27,28). The molecule has 0 unspecified atom stereocenters. The first-order valence-electron chi connectivity index (χ1n) is 8.19. The fourth-order valence-electron chi connectivity index (χ4n) is 2.94. The van der Waals surface area contributed by atoms with Gasteiger partial charge >= 0.3 is 165 Å². The van der Waals surface area contributed by atoms with E-state index in [0.29, 0.717) is 13.1 Å². The Kier molecular flexibility index (Phi) is 5.62. The summed E-state index contributed by atoms with van der Waals surface area (Å²) in [7, 11) is 0. The molecule has 140 valence electrons. The van der Waals surface area contributed by atoms with E-state index in [0.717, 1.165) is 0 Å². The van der Waals surface area contributed by atoms with E-state index in [4.69, 9.17) is 0 Å². The Morgan fingerprint density at radius 1 is 0.500 bits per heavy atom. The molecule has 6 nitrogen and oxygen atoms in total. The first-order chi connectivity index (χ1) is 13.4. The summed E-state index contributed by atoms with van der Waals surface area (Å²) in [6.07, 6.45) is 0. The van der Waals surface area contributed by atoms with Crippen molar-refractivity contribution in [1.82, 2.24) is 0 Å². The minimum atomic E-state index is -2.83. The van der Waals surface area contributed by atoms with Crippen LogP contribution in [-0.2, 0) is 0 Å². The zero-order valence-corrected chi connectivity index (χ0v) is 16.3. The second kappa shape index (κ2) is 8.11. The van der Waals surface area contributed by atoms with Crippen molar-refractivity contribution < 1.29 is 29.7 Å². The average Bonchev–Trinajstić information content (AvgIpc) is 2.69. The van der Waals surface area contributed by atoms with Gasteiger partial charge < -0.3 is 0 Å². The molecule has 3 N–H and O–H groups in total. The van der Waals surface area contributed by atoms with Crippen molar-refractivity contribution in [2.45, 2.75) is 0 Å². The number of rotatable bonds is 6. The molecule has 0 amide bonds. The Balaban J connectivity index is 2.40. The summed E-state index contributed by atoms with van der Waals surface area (Å²) in [5.41, 5.74) is 0.133. The first-order valence-corrected chi connectivity index (χ1v) is 11.0. The second-order valence-corrected chi connectivity index (χ2v) is 10.2. The van der Waals surface area contributed by atoms with Crippen molar-refractivity contribution in [3.05, 3.63) is 89.5 Å². The number of hydrogen-bond donors (Lipinski definition) is 3. The summed E-state index contributed by atoms with van der Waals surface area (Å²) in [6, 6.07) is 19.1. The van der Waals surface area contributed by atoms with Crippen LogP contribution < -0.4 is 13.1 Å². The van der Waals surface area contributed by atoms with Crippen LogP contribution in [0.25, 0.3) is 0 Å². The van der Waals surface area contributed by atoms with E-state index in [-0.39, 0.29) is 16.7 Å². The van der Waals surface area contributed by atoms with Crippen LogP contribution in [0.3, 0.4) is 0 Å². The molecule has 0 atom stereocenters. The molecule has 28 heavy (non-hydrogen) atoms. The summed E-state index contributed by atoms with van der Waals surface area (Å²) >= 11 is -2.83. The molecule has 3 rings (SSSR count). The second-order valence-electron chi connectivity index (χ2n) is 5.80. The van der Waals surface area contributed by atoms with E-state index in [9.17, 15) is 29.7 Å². The third-order valence-corrected chi connectivity index (χ3v) is 9.61. The van der Waals surface area contributed by atoms with Gasteiger partial charge in [-0.2, -0.15) is 0 Å². The normalized spacial score (nSPS) is 10.6. The molecular weight excluding hydrogens is 423 g/mol. The van der Waals surface area contributed by atoms with E-state index < -0.39 is 32.6 Å². The molecule has 0 saturated heterocycles. The van der Waals surface area contributed by atoms with Gasteiger partial charge in [-0.05, 0) is 0 Å². The van der Waals surface area contributed by atoms with Crippen molar-refractivity contribution in [2.75, 3.05) is 0 Å². The van der Waals surface area contributed by atoms with Gasteiger partial charge in [0, 0.05) is 0 Å². The molecule has 0 heterocycles. The number of carbonyl (C=O) groups is 3. The maximum atomic E-state index is 11.8. The predicted molar refractivity (Wildman–Crippen MR) is 105 cm³/mol. The summed E-state index contributed by atoms with van der Waals surface area (Å²) in [5.74, 6) is -3.43. The zero-order chi connectivity index (χ0) is 20.3. The van der Waals surface area contributed by atoms with Gasteiger partial charge in [-0.3, -0.25) is 0 Å². The third kappa shape index (κ3) is 3.68. The number of aromatic carboxylic acids is 3. The molecule has 0 bridgehead atoms. The molecule has 0 saturated carbocycles. The zero-order valence-electron chi connectivity index (χ0n) is 14.4. The molecular formula is C21H15AsO6. The summed E-state index contributed by atoms with van der Waals surface area (Å²) in [6.45, 7) is 0. The Labute approximate surface area is 165 Å². The van der Waals surface area contributed by atoms with E-state index >= 15 is 0 Å². The summed E-state index contributed by atoms with van der Waals surface area (Å²) in [5, 5.41) is 29.0. The van der Waals surface area contributed by atoms with Gasteiger partial charge in [0.15, 0.2) is 0 Å². The van der Waals surface area contributed by atoms with E-state index in [2.05, 4.69) is 0 Å². The van der Waals surface area contributed by atoms with Gasteiger partial charge in [0.1, 0.15) is 0 Å². The van der Waals surface area contributed by atoms with Gasteiger partial charge in [0.25, 0.3) is 0 Å². The monoisotopic (exact) mass is 438 g/mol. The Morgan fingerprint density at radius 3 is 1.00 bits per heavy atom. The van der Waals surface area contributed by atoms with Gasteiger partial charge in [0.2, 0.25) is 0 Å². The molecule has 0 aliphatic carbocycles. The quantitative estimate of drug-likeness (QED) is 0.501. The van der Waals surface area contributed by atoms with Crippen molar-refractivity contribution in [2.24, 2.45) is 0 Å². The van der Waals surface area contributed by atoms with E-state index in [1.165, 1.54) is 18.2 Å². The van der Waals surface area contributed by atoms with Crippen LogP contribution in [0, 0.1) is 0 Å². The molecule has 3 aromatic rings. The van der Waals surface area contributed by atoms with Gasteiger partial charge in [0.05, 0.1) is 0 Å². The van der Waals surface area contributed by atoms with E-state index in [1.54, 1.807) is 54.6 Å². The van der Waals surface area contributed by atoms with Crippen LogP contribution in [0.5, 0.6) is 0 Å². The van der Waals surface area contributed by atoms with Crippen LogP contribution in [0.1, 0.15) is 31.1 Å². The molecule has 7 heteroatoms. The molecule has 0 aliphatic rings. The number of carboxylic acid groups (broad SMARTS) is 3. The SMILES string of the molecule is O=C(O)c1ccccc1[As](c1ccccc1C(=O)O)c1ccccc1C(=O)O. The van der Waals surface area contributed by atoms with Crippen molar-refractivity contribution >= 4 is 45.6 Å². The number of benzene rings is 3. The third-order valence-electron chi connectivity index (χ3n) is 4.13. The number of hydrogen-bond acceptors (Lipinski definition) is 3. The molecule has 3 aromatic carbocycles. The fourth-order valence-corrected chi connectivity index (χ4v) is 8.64. The molecule has 0 spiro atoms. The fraction of sp³-hybridized carbons (Fsp3) is 0.